The Bertz CT molecular complexity index is 101. The van der Waals surface area contributed by atoms with Crippen molar-refractivity contribution >= 4 is 0 Å². The molecule has 10 heavy (non-hydrogen) atoms. The number of hydrogen-bond acceptors (Lipinski definition) is 0. The molecule has 0 N–H and O–H groups in total. The predicted molar refractivity (Wildman–Crippen MR) is 48.0 cm³/mol. The molecule has 0 bridgehead atoms. The van der Waals surface area contributed by atoms with Gasteiger partial charge >= 0.3 is 0 Å². The van der Waals surface area contributed by atoms with E-state index in [1.807, 2.05) is 0 Å². The zero-order valence-electron chi connectivity index (χ0n) is 7.14. The Morgan fingerprint density at radius 1 is 1.50 bits per heavy atom. The first-order valence-electron chi connectivity index (χ1n) is 4.08. The molecule has 1 unspecified atom stereocenters. The second kappa shape index (κ2) is 6.60. The first kappa shape index (κ1) is 9.48. The van der Waals surface area contributed by atoms with E-state index in [2.05, 4.69) is 38.7 Å². The summed E-state index contributed by atoms with van der Waals surface area (Å²) in [6.07, 6.45) is 10.1. The van der Waals surface area contributed by atoms with Gasteiger partial charge in [-0.1, -0.05) is 31.6 Å². The molecule has 1 atom stereocenters. The maximum atomic E-state index is 3.80. The van der Waals surface area contributed by atoms with Gasteiger partial charge in [-0.2, -0.15) is 0 Å². The van der Waals surface area contributed by atoms with E-state index in [0.29, 0.717) is 5.92 Å². The van der Waals surface area contributed by atoms with Gasteiger partial charge in [0.25, 0.3) is 0 Å². The molecule has 0 nitrogen and oxygen atoms in total. The fraction of sp³-hybridized carbons (Fsp3) is 0.600. The number of rotatable bonds is 5. The van der Waals surface area contributed by atoms with Gasteiger partial charge in [-0.15, -0.1) is 6.58 Å². The molecule has 0 spiro atoms. The van der Waals surface area contributed by atoms with Crippen molar-refractivity contribution in [3.05, 3.63) is 24.8 Å². The molecule has 0 aliphatic heterocycles. The number of hydrogen-bond donors (Lipinski definition) is 0. The van der Waals surface area contributed by atoms with E-state index in [1.165, 1.54) is 12.8 Å². The van der Waals surface area contributed by atoms with Gasteiger partial charge in [0.05, 0.1) is 0 Å². The van der Waals surface area contributed by atoms with Crippen LogP contribution in [0.15, 0.2) is 24.8 Å². The zero-order valence-corrected chi connectivity index (χ0v) is 7.14. The van der Waals surface area contributed by atoms with E-state index in [0.717, 1.165) is 6.42 Å². The summed E-state index contributed by atoms with van der Waals surface area (Å²) in [6, 6.07) is 0. The van der Waals surface area contributed by atoms with E-state index in [-0.39, 0.29) is 0 Å². The molecule has 0 amide bonds. The summed E-state index contributed by atoms with van der Waals surface area (Å²) in [6.45, 7) is 8.07. The van der Waals surface area contributed by atoms with Crippen molar-refractivity contribution in [3.63, 3.8) is 0 Å². The Balaban J connectivity index is 3.49. The van der Waals surface area contributed by atoms with Crippen LogP contribution in [0, 0.1) is 5.92 Å². The Labute approximate surface area is 64.6 Å². The fourth-order valence-electron chi connectivity index (χ4n) is 1.01. The van der Waals surface area contributed by atoms with Crippen LogP contribution in [-0.4, -0.2) is 0 Å². The molecule has 0 aliphatic rings. The lowest BCUT2D eigenvalue weighted by Gasteiger charge is -2.06. The van der Waals surface area contributed by atoms with E-state index in [1.54, 1.807) is 0 Å². The van der Waals surface area contributed by atoms with Crippen LogP contribution in [0.3, 0.4) is 0 Å². The van der Waals surface area contributed by atoms with Crippen molar-refractivity contribution in [2.75, 3.05) is 0 Å². The average Bonchev–Trinajstić information content (AvgIpc) is 1.98. The monoisotopic (exact) mass is 138 g/mol. The zero-order chi connectivity index (χ0) is 7.82. The lowest BCUT2D eigenvalue weighted by Crippen LogP contribution is -1.92. The molecule has 0 heteroatoms. The van der Waals surface area contributed by atoms with Crippen LogP contribution in [0.1, 0.15) is 33.1 Å². The first-order chi connectivity index (χ1) is 4.85. The minimum absolute atomic E-state index is 0.696. The first-order valence-corrected chi connectivity index (χ1v) is 4.08. The summed E-state index contributed by atoms with van der Waals surface area (Å²) in [5.74, 6) is 0.696. The van der Waals surface area contributed by atoms with Crippen LogP contribution < -0.4 is 0 Å². The van der Waals surface area contributed by atoms with Crippen molar-refractivity contribution in [1.29, 1.82) is 0 Å². The summed E-state index contributed by atoms with van der Waals surface area (Å²) < 4.78 is 0. The summed E-state index contributed by atoms with van der Waals surface area (Å²) in [5, 5.41) is 0. The smallest absolute Gasteiger partial charge is 0.0202 e. The van der Waals surface area contributed by atoms with Crippen molar-refractivity contribution in [2.45, 2.75) is 33.1 Å². The lowest BCUT2D eigenvalue weighted by molar-refractivity contribution is 0.589. The molecule has 0 rings (SSSR count). The minimum Gasteiger partial charge on any atom is -0.103 e. The maximum absolute atomic E-state index is 3.80. The minimum atomic E-state index is 0.696. The third-order valence-electron chi connectivity index (χ3n) is 1.67. The third-order valence-corrected chi connectivity index (χ3v) is 1.67. The standard InChI is InChI=1S/C10H18/c1-4-7-9-10(6-3)8-5-2/h4,6-7,10H,3,5,8-9H2,1-2H3. The second-order valence-electron chi connectivity index (χ2n) is 2.59. The highest BCUT2D eigenvalue weighted by molar-refractivity contribution is 4.87. The van der Waals surface area contributed by atoms with Gasteiger partial charge in [-0.25, -0.2) is 0 Å². The molecular weight excluding hydrogens is 120 g/mol. The van der Waals surface area contributed by atoms with E-state index >= 15 is 0 Å². The van der Waals surface area contributed by atoms with Gasteiger partial charge in [-0.05, 0) is 25.7 Å². The Kier molecular flexibility index (Phi) is 6.25. The Morgan fingerprint density at radius 3 is 2.60 bits per heavy atom. The third kappa shape index (κ3) is 4.37. The highest BCUT2D eigenvalue weighted by atomic mass is 14.0. The van der Waals surface area contributed by atoms with Crippen LogP contribution in [0.4, 0.5) is 0 Å². The molecule has 0 saturated carbocycles. The molecule has 0 aromatic rings. The SMILES string of the molecule is C=CC(CC=CC)CCC. The van der Waals surface area contributed by atoms with Gasteiger partial charge in [0.2, 0.25) is 0 Å². The summed E-state index contributed by atoms with van der Waals surface area (Å²) in [5.41, 5.74) is 0. The fourth-order valence-corrected chi connectivity index (χ4v) is 1.01. The Hall–Kier alpha value is -0.520. The molecule has 0 aromatic heterocycles. The Morgan fingerprint density at radius 2 is 2.20 bits per heavy atom. The molecule has 0 radical (unpaired) electrons. The quantitative estimate of drug-likeness (QED) is 0.510. The molecule has 0 saturated heterocycles. The predicted octanol–water partition coefficient (Wildman–Crippen LogP) is 3.55. The molecule has 0 heterocycles. The lowest BCUT2D eigenvalue weighted by atomic mass is 10.00. The van der Waals surface area contributed by atoms with Crippen molar-refractivity contribution < 1.29 is 0 Å². The van der Waals surface area contributed by atoms with Gasteiger partial charge < -0.3 is 0 Å². The van der Waals surface area contributed by atoms with Crippen LogP contribution in [0.25, 0.3) is 0 Å². The van der Waals surface area contributed by atoms with Gasteiger partial charge in [0, 0.05) is 0 Å². The molecular formula is C10H18. The number of allylic oxidation sites excluding steroid dienone is 3. The van der Waals surface area contributed by atoms with Crippen LogP contribution >= 0.6 is 0 Å². The van der Waals surface area contributed by atoms with E-state index < -0.39 is 0 Å². The summed E-state index contributed by atoms with van der Waals surface area (Å²) in [4.78, 5) is 0. The van der Waals surface area contributed by atoms with Crippen molar-refractivity contribution in [3.8, 4) is 0 Å². The highest BCUT2D eigenvalue weighted by Gasteiger charge is 1.97. The van der Waals surface area contributed by atoms with Crippen LogP contribution in [0.5, 0.6) is 0 Å². The highest BCUT2D eigenvalue weighted by Crippen LogP contribution is 2.12. The average molecular weight is 138 g/mol. The maximum Gasteiger partial charge on any atom is -0.0202 e. The van der Waals surface area contributed by atoms with Gasteiger partial charge in [0.1, 0.15) is 0 Å². The molecule has 0 aliphatic carbocycles. The largest absolute Gasteiger partial charge is 0.103 e. The van der Waals surface area contributed by atoms with E-state index in [4.69, 9.17) is 0 Å². The second-order valence-corrected chi connectivity index (χ2v) is 2.59. The topological polar surface area (TPSA) is 0 Å². The molecule has 0 aromatic carbocycles. The van der Waals surface area contributed by atoms with Gasteiger partial charge in [-0.3, -0.25) is 0 Å². The van der Waals surface area contributed by atoms with Crippen molar-refractivity contribution in [2.24, 2.45) is 5.92 Å². The van der Waals surface area contributed by atoms with E-state index in [9.17, 15) is 0 Å². The van der Waals surface area contributed by atoms with Gasteiger partial charge in [0.15, 0.2) is 0 Å². The summed E-state index contributed by atoms with van der Waals surface area (Å²) in [7, 11) is 0. The summed E-state index contributed by atoms with van der Waals surface area (Å²) >= 11 is 0. The van der Waals surface area contributed by atoms with Crippen LogP contribution in [-0.2, 0) is 0 Å². The normalized spacial score (nSPS) is 13.8. The molecule has 58 valence electrons. The van der Waals surface area contributed by atoms with Crippen molar-refractivity contribution in [1.82, 2.24) is 0 Å². The molecule has 0 fully saturated rings. The van der Waals surface area contributed by atoms with Crippen LogP contribution in [0.2, 0.25) is 0 Å².